The van der Waals surface area contributed by atoms with Crippen LogP contribution in [0.15, 0.2) is 48.5 Å². The van der Waals surface area contributed by atoms with E-state index in [-0.39, 0.29) is 30.8 Å². The smallest absolute Gasteiger partial charge is 0.407 e. The van der Waals surface area contributed by atoms with Crippen LogP contribution in [0.2, 0.25) is 0 Å². The van der Waals surface area contributed by atoms with Gasteiger partial charge in [0.1, 0.15) is 6.61 Å². The van der Waals surface area contributed by atoms with Crippen molar-refractivity contribution in [3.63, 3.8) is 0 Å². The third-order valence-electron chi connectivity index (χ3n) is 7.12. The number of benzene rings is 2. The van der Waals surface area contributed by atoms with E-state index in [9.17, 15) is 14.4 Å². The van der Waals surface area contributed by atoms with Gasteiger partial charge in [0.25, 0.3) is 0 Å². The Labute approximate surface area is 200 Å². The number of amides is 2. The predicted molar refractivity (Wildman–Crippen MR) is 128 cm³/mol. The van der Waals surface area contributed by atoms with Gasteiger partial charge in [0, 0.05) is 31.5 Å². The quantitative estimate of drug-likeness (QED) is 0.638. The van der Waals surface area contributed by atoms with Crippen LogP contribution in [0.25, 0.3) is 11.1 Å². The van der Waals surface area contributed by atoms with Crippen molar-refractivity contribution in [2.45, 2.75) is 45.1 Å². The van der Waals surface area contributed by atoms with Gasteiger partial charge in [-0.15, -0.1) is 0 Å². The number of aliphatic carboxylic acids is 1. The van der Waals surface area contributed by atoms with E-state index >= 15 is 0 Å². The van der Waals surface area contributed by atoms with Gasteiger partial charge in [-0.05, 0) is 47.9 Å². The number of carbonyl (C=O) groups is 3. The lowest BCUT2D eigenvalue weighted by atomic mass is 9.93. The summed E-state index contributed by atoms with van der Waals surface area (Å²) in [6, 6.07) is 15.9. The van der Waals surface area contributed by atoms with Gasteiger partial charge >= 0.3 is 12.1 Å². The minimum atomic E-state index is -0.836. The van der Waals surface area contributed by atoms with Gasteiger partial charge in [0.2, 0.25) is 5.91 Å². The predicted octanol–water partition coefficient (Wildman–Crippen LogP) is 4.26. The first kappa shape index (κ1) is 23.8. The van der Waals surface area contributed by atoms with E-state index in [0.29, 0.717) is 13.1 Å². The molecule has 1 saturated heterocycles. The molecule has 0 saturated carbocycles. The highest BCUT2D eigenvalue weighted by Gasteiger charge is 2.32. The fourth-order valence-electron chi connectivity index (χ4n) is 5.13. The maximum atomic E-state index is 13.0. The fraction of sp³-hybridized carbons (Fsp3) is 0.444. The van der Waals surface area contributed by atoms with E-state index in [1.165, 1.54) is 11.1 Å². The van der Waals surface area contributed by atoms with Crippen LogP contribution >= 0.6 is 0 Å². The number of nitrogens with zero attached hydrogens (tertiary/aromatic N) is 1. The summed E-state index contributed by atoms with van der Waals surface area (Å²) in [7, 11) is 0. The minimum Gasteiger partial charge on any atom is -0.481 e. The van der Waals surface area contributed by atoms with E-state index < -0.39 is 24.0 Å². The molecule has 2 N–H and O–H groups in total. The molecule has 3 unspecified atom stereocenters. The molecule has 2 aliphatic rings. The molecule has 180 valence electrons. The summed E-state index contributed by atoms with van der Waals surface area (Å²) >= 11 is 0. The highest BCUT2D eigenvalue weighted by atomic mass is 16.5. The minimum absolute atomic E-state index is 0.0206. The van der Waals surface area contributed by atoms with Gasteiger partial charge in [0.05, 0.1) is 5.92 Å². The summed E-state index contributed by atoms with van der Waals surface area (Å²) in [5, 5.41) is 11.9. The van der Waals surface area contributed by atoms with Crippen molar-refractivity contribution in [1.29, 1.82) is 0 Å². The molecule has 0 bridgehead atoms. The molecular weight excluding hydrogens is 432 g/mol. The second kappa shape index (κ2) is 10.3. The second-order valence-electron chi connectivity index (χ2n) is 9.44. The van der Waals surface area contributed by atoms with Crippen molar-refractivity contribution >= 4 is 18.0 Å². The molecule has 2 aromatic rings. The second-order valence-corrected chi connectivity index (χ2v) is 9.44. The van der Waals surface area contributed by atoms with E-state index in [1.807, 2.05) is 24.3 Å². The van der Waals surface area contributed by atoms with Crippen molar-refractivity contribution in [2.75, 3.05) is 19.7 Å². The third-order valence-corrected chi connectivity index (χ3v) is 7.12. The zero-order valence-electron chi connectivity index (χ0n) is 19.7. The lowest BCUT2D eigenvalue weighted by molar-refractivity contribution is -0.142. The molecule has 1 aliphatic carbocycles. The molecule has 4 rings (SSSR count). The molecule has 1 heterocycles. The summed E-state index contributed by atoms with van der Waals surface area (Å²) in [6.45, 7) is 4.88. The number of nitrogens with one attached hydrogen (secondary N) is 1. The number of likely N-dealkylation sites (tertiary alicyclic amines) is 1. The lowest BCUT2D eigenvalue weighted by Crippen LogP contribution is -2.48. The van der Waals surface area contributed by atoms with E-state index in [2.05, 4.69) is 29.6 Å². The van der Waals surface area contributed by atoms with Crippen LogP contribution in [0.3, 0.4) is 0 Å². The summed E-state index contributed by atoms with van der Waals surface area (Å²) in [5.74, 6) is -1.39. The molecule has 0 spiro atoms. The maximum absolute atomic E-state index is 13.0. The molecule has 1 fully saturated rings. The number of alkyl carbamates (subject to hydrolysis) is 1. The Hall–Kier alpha value is -3.35. The first-order chi connectivity index (χ1) is 16.3. The van der Waals surface area contributed by atoms with E-state index in [0.717, 1.165) is 24.0 Å². The number of hydrogen-bond donors (Lipinski definition) is 2. The van der Waals surface area contributed by atoms with Crippen LogP contribution in [-0.4, -0.2) is 53.7 Å². The normalized spacial score (nSPS) is 19.0. The van der Waals surface area contributed by atoms with E-state index in [1.54, 1.807) is 18.7 Å². The Balaban J connectivity index is 1.32. The third kappa shape index (κ3) is 5.08. The highest BCUT2D eigenvalue weighted by Crippen LogP contribution is 2.44. The first-order valence-corrected chi connectivity index (χ1v) is 12.0. The van der Waals surface area contributed by atoms with Gasteiger partial charge in [-0.1, -0.05) is 55.5 Å². The standard InChI is InChI=1S/C27H32N2O5/c1-17(26(32)29-13-7-8-19(15-29)14-25(30)31)18(2)28-27(33)34-16-24-22-11-5-3-9-20(22)21-10-4-6-12-23(21)24/h3-6,9-12,17-19,24H,7-8,13-16H2,1-2H3,(H,28,33)(H,30,31). The fourth-order valence-corrected chi connectivity index (χ4v) is 5.13. The van der Waals surface area contributed by atoms with Crippen LogP contribution in [0.5, 0.6) is 0 Å². The van der Waals surface area contributed by atoms with Crippen molar-refractivity contribution in [1.82, 2.24) is 10.2 Å². The maximum Gasteiger partial charge on any atom is 0.407 e. The van der Waals surface area contributed by atoms with Gasteiger partial charge < -0.3 is 20.1 Å². The average molecular weight is 465 g/mol. The number of fused-ring (bicyclic) bond motifs is 3. The molecule has 2 amide bonds. The van der Waals surface area contributed by atoms with Crippen LogP contribution in [0.4, 0.5) is 4.79 Å². The largest absolute Gasteiger partial charge is 0.481 e. The SMILES string of the molecule is CC(NC(=O)OCC1c2ccccc2-c2ccccc21)C(C)C(=O)N1CCCC(CC(=O)O)C1. The van der Waals surface area contributed by atoms with Crippen molar-refractivity contribution in [2.24, 2.45) is 11.8 Å². The molecule has 0 radical (unpaired) electrons. The van der Waals surface area contributed by atoms with Crippen molar-refractivity contribution in [3.05, 3.63) is 59.7 Å². The van der Waals surface area contributed by atoms with Gasteiger partial charge in [-0.25, -0.2) is 4.79 Å². The van der Waals surface area contributed by atoms with Crippen LogP contribution < -0.4 is 5.32 Å². The van der Waals surface area contributed by atoms with Crippen molar-refractivity contribution in [3.8, 4) is 11.1 Å². The van der Waals surface area contributed by atoms with E-state index in [4.69, 9.17) is 9.84 Å². The monoisotopic (exact) mass is 464 g/mol. The van der Waals surface area contributed by atoms with Crippen molar-refractivity contribution < 1.29 is 24.2 Å². The van der Waals surface area contributed by atoms with Crippen LogP contribution in [0.1, 0.15) is 50.2 Å². The zero-order valence-corrected chi connectivity index (χ0v) is 19.7. The summed E-state index contributed by atoms with van der Waals surface area (Å²) in [6.07, 6.45) is 1.14. The number of ether oxygens (including phenoxy) is 1. The lowest BCUT2D eigenvalue weighted by Gasteiger charge is -2.35. The molecule has 7 heteroatoms. The number of rotatable bonds is 7. The van der Waals surface area contributed by atoms with Gasteiger partial charge in [0.15, 0.2) is 0 Å². The Morgan fingerprint density at radius 2 is 1.68 bits per heavy atom. The Morgan fingerprint density at radius 1 is 1.06 bits per heavy atom. The summed E-state index contributed by atoms with van der Waals surface area (Å²) in [4.78, 5) is 38.3. The molecular formula is C27H32N2O5. The topological polar surface area (TPSA) is 95.9 Å². The molecule has 7 nitrogen and oxygen atoms in total. The number of carboxylic acid groups (broad SMARTS) is 1. The Morgan fingerprint density at radius 3 is 2.29 bits per heavy atom. The number of carboxylic acids is 1. The Kier molecular flexibility index (Phi) is 7.20. The average Bonchev–Trinajstić information content (AvgIpc) is 3.15. The molecule has 3 atom stereocenters. The number of piperidine rings is 1. The molecule has 0 aromatic heterocycles. The number of hydrogen-bond acceptors (Lipinski definition) is 4. The highest BCUT2D eigenvalue weighted by molar-refractivity contribution is 5.81. The van der Waals surface area contributed by atoms with Gasteiger partial charge in [-0.2, -0.15) is 0 Å². The molecule has 1 aliphatic heterocycles. The zero-order chi connectivity index (χ0) is 24.2. The number of carbonyl (C=O) groups excluding carboxylic acids is 2. The molecule has 34 heavy (non-hydrogen) atoms. The molecule has 2 aromatic carbocycles. The first-order valence-electron chi connectivity index (χ1n) is 12.0. The summed E-state index contributed by atoms with van der Waals surface area (Å²) in [5.41, 5.74) is 4.63. The Bertz CT molecular complexity index is 1020. The summed E-state index contributed by atoms with van der Waals surface area (Å²) < 4.78 is 5.61. The van der Waals surface area contributed by atoms with Gasteiger partial charge in [-0.3, -0.25) is 9.59 Å². The van der Waals surface area contributed by atoms with Crippen LogP contribution in [0, 0.1) is 11.8 Å². The van der Waals surface area contributed by atoms with Crippen LogP contribution in [-0.2, 0) is 14.3 Å².